The van der Waals surface area contributed by atoms with Crippen molar-refractivity contribution in [3.05, 3.63) is 50.7 Å². The number of aryl methyl sites for hydroxylation is 3. The van der Waals surface area contributed by atoms with Crippen molar-refractivity contribution in [3.63, 3.8) is 0 Å². The van der Waals surface area contributed by atoms with Crippen LogP contribution in [0.3, 0.4) is 0 Å². The van der Waals surface area contributed by atoms with E-state index in [1.807, 2.05) is 30.4 Å². The minimum atomic E-state index is -0.392. The molecule has 0 fully saturated rings. The van der Waals surface area contributed by atoms with Gasteiger partial charge in [-0.1, -0.05) is 0 Å². The van der Waals surface area contributed by atoms with Gasteiger partial charge in [-0.2, -0.15) is 0 Å². The van der Waals surface area contributed by atoms with Gasteiger partial charge in [0.15, 0.2) is 0 Å². The Labute approximate surface area is 123 Å². The summed E-state index contributed by atoms with van der Waals surface area (Å²) in [6.45, 7) is 8.40. The van der Waals surface area contributed by atoms with Crippen LogP contribution in [0.5, 0.6) is 0 Å². The van der Waals surface area contributed by atoms with Crippen molar-refractivity contribution in [3.8, 4) is 0 Å². The molecule has 0 saturated carbocycles. The van der Waals surface area contributed by atoms with Gasteiger partial charge < -0.3 is 11.1 Å². The molecule has 1 atom stereocenters. The van der Waals surface area contributed by atoms with Crippen molar-refractivity contribution < 1.29 is 4.79 Å². The van der Waals surface area contributed by atoms with Crippen molar-refractivity contribution in [2.75, 3.05) is 5.32 Å². The van der Waals surface area contributed by atoms with Crippen molar-refractivity contribution >= 4 is 22.9 Å². The molecule has 3 N–H and O–H groups in total. The minimum absolute atomic E-state index is 0.234. The van der Waals surface area contributed by atoms with Crippen LogP contribution in [0.4, 0.5) is 5.69 Å². The standard InChI is InChI=1S/C16H20N2OS/c1-9-7-13(16(17)19)5-6-15(9)18-11(3)14-8-10(2)20-12(14)4/h5-8,11,18H,1-4H3,(H2,17,19). The first-order chi connectivity index (χ1) is 9.38. The molecule has 0 saturated heterocycles. The molecule has 1 unspecified atom stereocenters. The molecule has 0 spiro atoms. The van der Waals surface area contributed by atoms with Crippen LogP contribution in [0.2, 0.25) is 0 Å². The number of carbonyl (C=O) groups excluding carboxylic acids is 1. The normalized spacial score (nSPS) is 12.2. The predicted molar refractivity (Wildman–Crippen MR) is 85.5 cm³/mol. The Balaban J connectivity index is 2.22. The van der Waals surface area contributed by atoms with Crippen LogP contribution in [-0.4, -0.2) is 5.91 Å². The summed E-state index contributed by atoms with van der Waals surface area (Å²) >= 11 is 1.82. The minimum Gasteiger partial charge on any atom is -0.378 e. The molecule has 0 aliphatic heterocycles. The highest BCUT2D eigenvalue weighted by molar-refractivity contribution is 7.12. The SMILES string of the molecule is Cc1cc(C(C)Nc2ccc(C(N)=O)cc2C)c(C)s1. The molecule has 1 heterocycles. The van der Waals surface area contributed by atoms with Gasteiger partial charge in [0.25, 0.3) is 0 Å². The zero-order valence-electron chi connectivity index (χ0n) is 12.3. The molecule has 106 valence electrons. The van der Waals surface area contributed by atoms with E-state index in [1.165, 1.54) is 15.3 Å². The highest BCUT2D eigenvalue weighted by Crippen LogP contribution is 2.29. The van der Waals surface area contributed by atoms with Crippen LogP contribution in [0.15, 0.2) is 24.3 Å². The van der Waals surface area contributed by atoms with Crippen molar-refractivity contribution in [2.24, 2.45) is 5.73 Å². The van der Waals surface area contributed by atoms with Crippen LogP contribution >= 0.6 is 11.3 Å². The molecule has 1 amide bonds. The van der Waals surface area contributed by atoms with Crippen LogP contribution < -0.4 is 11.1 Å². The van der Waals surface area contributed by atoms with E-state index in [-0.39, 0.29) is 6.04 Å². The van der Waals surface area contributed by atoms with Gasteiger partial charge in [-0.15, -0.1) is 11.3 Å². The number of nitrogens with two attached hydrogens (primary N) is 1. The summed E-state index contributed by atoms with van der Waals surface area (Å²) in [5.41, 5.74) is 9.22. The Morgan fingerprint density at radius 2 is 1.95 bits per heavy atom. The first-order valence-corrected chi connectivity index (χ1v) is 7.44. The molecule has 0 aliphatic carbocycles. The maximum absolute atomic E-state index is 11.2. The molecule has 1 aromatic carbocycles. The molecule has 0 aliphatic rings. The van der Waals surface area contributed by atoms with E-state index in [4.69, 9.17) is 5.73 Å². The second-order valence-corrected chi connectivity index (χ2v) is 6.59. The largest absolute Gasteiger partial charge is 0.378 e. The third-order valence-corrected chi connectivity index (χ3v) is 4.41. The number of hydrogen-bond donors (Lipinski definition) is 2. The average Bonchev–Trinajstić information content (AvgIpc) is 2.70. The van der Waals surface area contributed by atoms with Crippen LogP contribution in [0.25, 0.3) is 0 Å². The maximum Gasteiger partial charge on any atom is 0.248 e. The lowest BCUT2D eigenvalue weighted by Crippen LogP contribution is -2.12. The topological polar surface area (TPSA) is 55.1 Å². The van der Waals surface area contributed by atoms with Crippen LogP contribution in [0.1, 0.15) is 44.2 Å². The van der Waals surface area contributed by atoms with E-state index in [0.717, 1.165) is 11.3 Å². The van der Waals surface area contributed by atoms with E-state index >= 15 is 0 Å². The van der Waals surface area contributed by atoms with Crippen LogP contribution in [0, 0.1) is 20.8 Å². The van der Waals surface area contributed by atoms with Crippen molar-refractivity contribution in [2.45, 2.75) is 33.7 Å². The number of primary amides is 1. The average molecular weight is 288 g/mol. The van der Waals surface area contributed by atoms with Gasteiger partial charge in [0.2, 0.25) is 5.91 Å². The quantitative estimate of drug-likeness (QED) is 0.895. The molecule has 1 aromatic heterocycles. The lowest BCUT2D eigenvalue weighted by molar-refractivity contribution is 0.1000. The highest BCUT2D eigenvalue weighted by atomic mass is 32.1. The summed E-state index contributed by atoms with van der Waals surface area (Å²) < 4.78 is 0. The van der Waals surface area contributed by atoms with E-state index in [0.29, 0.717) is 5.56 Å². The van der Waals surface area contributed by atoms with Gasteiger partial charge in [-0.25, -0.2) is 0 Å². The number of anilines is 1. The third kappa shape index (κ3) is 3.02. The summed E-state index contributed by atoms with van der Waals surface area (Å²) in [6, 6.07) is 7.96. The summed E-state index contributed by atoms with van der Waals surface area (Å²) in [6.07, 6.45) is 0. The molecule has 4 heteroatoms. The maximum atomic E-state index is 11.2. The zero-order chi connectivity index (χ0) is 14.9. The van der Waals surface area contributed by atoms with Crippen LogP contribution in [-0.2, 0) is 0 Å². The smallest absolute Gasteiger partial charge is 0.248 e. The summed E-state index contributed by atoms with van der Waals surface area (Å²) in [4.78, 5) is 13.8. The Bertz CT molecular complexity index is 646. The fraction of sp³-hybridized carbons (Fsp3) is 0.312. The summed E-state index contributed by atoms with van der Waals surface area (Å²) in [7, 11) is 0. The number of amides is 1. The van der Waals surface area contributed by atoms with Crippen molar-refractivity contribution in [1.82, 2.24) is 0 Å². The van der Waals surface area contributed by atoms with Gasteiger partial charge in [0.05, 0.1) is 0 Å². The molecular weight excluding hydrogens is 268 g/mol. The molecule has 20 heavy (non-hydrogen) atoms. The van der Waals surface area contributed by atoms with Gasteiger partial charge in [-0.3, -0.25) is 4.79 Å². The third-order valence-electron chi connectivity index (χ3n) is 3.43. The number of thiophene rings is 1. The summed E-state index contributed by atoms with van der Waals surface area (Å²) in [5, 5.41) is 3.50. The second-order valence-electron chi connectivity index (χ2n) is 5.13. The molecule has 0 bridgehead atoms. The molecule has 2 rings (SSSR count). The Morgan fingerprint density at radius 1 is 1.25 bits per heavy atom. The number of carbonyl (C=O) groups is 1. The van der Waals surface area contributed by atoms with E-state index in [2.05, 4.69) is 32.2 Å². The molecule has 2 aromatic rings. The first kappa shape index (κ1) is 14.6. The van der Waals surface area contributed by atoms with E-state index < -0.39 is 5.91 Å². The second kappa shape index (κ2) is 5.67. The molecule has 3 nitrogen and oxygen atoms in total. The number of hydrogen-bond acceptors (Lipinski definition) is 3. The van der Waals surface area contributed by atoms with E-state index in [1.54, 1.807) is 6.07 Å². The fourth-order valence-corrected chi connectivity index (χ4v) is 3.39. The van der Waals surface area contributed by atoms with Gasteiger partial charge in [0, 0.05) is 27.0 Å². The first-order valence-electron chi connectivity index (χ1n) is 6.62. The number of nitrogens with one attached hydrogen (secondary N) is 1. The van der Waals surface area contributed by atoms with Gasteiger partial charge in [-0.05, 0) is 63.1 Å². The van der Waals surface area contributed by atoms with E-state index in [9.17, 15) is 4.79 Å². The lowest BCUT2D eigenvalue weighted by Gasteiger charge is -2.17. The predicted octanol–water partition coefficient (Wildman–Crippen LogP) is 3.95. The lowest BCUT2D eigenvalue weighted by atomic mass is 10.1. The molecule has 0 radical (unpaired) electrons. The Hall–Kier alpha value is -1.81. The van der Waals surface area contributed by atoms with Crippen molar-refractivity contribution in [1.29, 1.82) is 0 Å². The Kier molecular flexibility index (Phi) is 4.14. The molecular formula is C16H20N2OS. The summed E-state index contributed by atoms with van der Waals surface area (Å²) in [5.74, 6) is -0.392. The Morgan fingerprint density at radius 3 is 2.45 bits per heavy atom. The van der Waals surface area contributed by atoms with Gasteiger partial charge in [0.1, 0.15) is 0 Å². The number of rotatable bonds is 4. The number of benzene rings is 1. The monoisotopic (exact) mass is 288 g/mol. The van der Waals surface area contributed by atoms with Gasteiger partial charge >= 0.3 is 0 Å². The zero-order valence-corrected chi connectivity index (χ0v) is 13.1. The highest BCUT2D eigenvalue weighted by Gasteiger charge is 2.12. The fourth-order valence-electron chi connectivity index (χ4n) is 2.37.